The van der Waals surface area contributed by atoms with Crippen molar-refractivity contribution in [1.82, 2.24) is 0 Å². The van der Waals surface area contributed by atoms with Gasteiger partial charge in [-0.2, -0.15) is 10.2 Å². The maximum Gasteiger partial charge on any atom is 0.0857 e. The number of nitrogens with zero attached hydrogens (tertiary/aromatic N) is 2. The van der Waals surface area contributed by atoms with E-state index in [9.17, 15) is 0 Å². The third-order valence-corrected chi connectivity index (χ3v) is 8.12. The lowest BCUT2D eigenvalue weighted by atomic mass is 9.95. The first-order chi connectivity index (χ1) is 21.9. The van der Waals surface area contributed by atoms with Gasteiger partial charge in [0.05, 0.1) is 11.4 Å². The van der Waals surface area contributed by atoms with Gasteiger partial charge in [-0.15, -0.1) is 0 Å². The van der Waals surface area contributed by atoms with E-state index in [4.69, 9.17) is 0 Å². The molecule has 0 aromatic heterocycles. The first kappa shape index (κ1) is 29.5. The van der Waals surface area contributed by atoms with Crippen LogP contribution >= 0.6 is 0 Å². The molecule has 0 N–H and O–H groups in total. The predicted octanol–water partition coefficient (Wildman–Crippen LogP) is 12.4. The zero-order valence-corrected chi connectivity index (χ0v) is 25.9. The lowest BCUT2D eigenvalue weighted by molar-refractivity contribution is 1.19. The largest absolute Gasteiger partial charge is 0.151 e. The smallest absolute Gasteiger partial charge is 0.0857 e. The molecule has 0 saturated heterocycles. The lowest BCUT2D eigenvalue weighted by Gasteiger charge is -2.09. The second kappa shape index (κ2) is 13.4. The van der Waals surface area contributed by atoms with Crippen LogP contribution in [0.5, 0.6) is 0 Å². The highest BCUT2D eigenvalue weighted by Crippen LogP contribution is 2.28. The van der Waals surface area contributed by atoms with Crippen LogP contribution < -0.4 is 0 Å². The number of rotatable bonds is 9. The average Bonchev–Trinajstić information content (AvgIpc) is 3.09. The highest BCUT2D eigenvalue weighted by molar-refractivity contribution is 5.80. The maximum absolute atomic E-state index is 4.39. The molecule has 0 atom stereocenters. The standard InChI is InChI=1S/C43H36N2/c1-30(2)35-21-25-42(26-22-35)44-45-43-27-23-37(24-28-43)32(4)36-17-19-41(20-18-36)40-15-9-34(10-16-40)29-33-7-13-39(14-8-33)38-11-5-31(3)6-12-38/h5-28H,1,4,29H2,2-3H3. The van der Waals surface area contributed by atoms with Gasteiger partial charge >= 0.3 is 0 Å². The molecule has 0 aliphatic heterocycles. The van der Waals surface area contributed by atoms with E-state index in [1.807, 2.05) is 55.5 Å². The fourth-order valence-electron chi connectivity index (χ4n) is 5.30. The van der Waals surface area contributed by atoms with Crippen LogP contribution in [0.15, 0.2) is 169 Å². The van der Waals surface area contributed by atoms with E-state index in [1.54, 1.807) is 0 Å². The van der Waals surface area contributed by atoms with E-state index in [0.717, 1.165) is 45.6 Å². The summed E-state index contributed by atoms with van der Waals surface area (Å²) < 4.78 is 0. The Morgan fingerprint density at radius 3 is 1.18 bits per heavy atom. The average molecular weight is 581 g/mol. The van der Waals surface area contributed by atoms with Gasteiger partial charge in [0.1, 0.15) is 0 Å². The summed E-state index contributed by atoms with van der Waals surface area (Å²) >= 11 is 0. The number of hydrogen-bond donors (Lipinski definition) is 0. The summed E-state index contributed by atoms with van der Waals surface area (Å²) in [5.41, 5.74) is 15.7. The maximum atomic E-state index is 4.39. The Morgan fingerprint density at radius 2 is 0.778 bits per heavy atom. The Bertz CT molecular complexity index is 1940. The molecule has 2 nitrogen and oxygen atoms in total. The van der Waals surface area contributed by atoms with Crippen molar-refractivity contribution in [3.8, 4) is 22.3 Å². The van der Waals surface area contributed by atoms with Crippen LogP contribution in [0.3, 0.4) is 0 Å². The number of hydrogen-bond acceptors (Lipinski definition) is 2. The van der Waals surface area contributed by atoms with Crippen LogP contribution in [0.25, 0.3) is 33.4 Å². The molecule has 6 rings (SSSR count). The van der Waals surface area contributed by atoms with E-state index in [-0.39, 0.29) is 0 Å². The molecule has 0 radical (unpaired) electrons. The van der Waals surface area contributed by atoms with E-state index >= 15 is 0 Å². The van der Waals surface area contributed by atoms with Crippen LogP contribution in [0.1, 0.15) is 40.3 Å². The van der Waals surface area contributed by atoms with Crippen molar-refractivity contribution in [3.05, 3.63) is 192 Å². The SMILES string of the molecule is C=C(C)c1ccc(N=Nc2ccc(C(=C)c3ccc(-c4ccc(Cc5ccc(-c6ccc(C)cc6)cc5)cc4)cc3)cc2)cc1. The summed E-state index contributed by atoms with van der Waals surface area (Å²) in [6, 6.07) is 51.1. The Hall–Kier alpha value is -5.60. The molecule has 0 aliphatic rings. The predicted molar refractivity (Wildman–Crippen MR) is 191 cm³/mol. The van der Waals surface area contributed by atoms with Crippen LogP contribution in [0.2, 0.25) is 0 Å². The van der Waals surface area contributed by atoms with Gasteiger partial charge in [-0.05, 0) is 100 Å². The fraction of sp³-hybridized carbons (Fsp3) is 0.0698. The highest BCUT2D eigenvalue weighted by Gasteiger charge is 2.06. The minimum atomic E-state index is 0.800. The molecule has 0 saturated carbocycles. The first-order valence-electron chi connectivity index (χ1n) is 15.2. The molecule has 218 valence electrons. The molecule has 0 heterocycles. The van der Waals surface area contributed by atoms with Crippen molar-refractivity contribution in [2.75, 3.05) is 0 Å². The van der Waals surface area contributed by atoms with Crippen LogP contribution in [0.4, 0.5) is 11.4 Å². The van der Waals surface area contributed by atoms with Crippen molar-refractivity contribution in [3.63, 3.8) is 0 Å². The number of benzene rings is 6. The molecule has 0 aliphatic carbocycles. The number of allylic oxidation sites excluding steroid dienone is 1. The lowest BCUT2D eigenvalue weighted by Crippen LogP contribution is -1.89. The van der Waals surface area contributed by atoms with E-state index < -0.39 is 0 Å². The summed E-state index contributed by atoms with van der Waals surface area (Å²) in [5, 5.41) is 8.75. The summed E-state index contributed by atoms with van der Waals surface area (Å²) in [4.78, 5) is 0. The third-order valence-electron chi connectivity index (χ3n) is 8.12. The van der Waals surface area contributed by atoms with Crippen molar-refractivity contribution in [2.24, 2.45) is 10.2 Å². The fourth-order valence-corrected chi connectivity index (χ4v) is 5.30. The molecule has 0 fully saturated rings. The zero-order chi connectivity index (χ0) is 31.2. The molecule has 2 heteroatoms. The summed E-state index contributed by atoms with van der Waals surface area (Å²) in [7, 11) is 0. The van der Waals surface area contributed by atoms with Crippen molar-refractivity contribution < 1.29 is 0 Å². The summed E-state index contributed by atoms with van der Waals surface area (Å²) in [5.74, 6) is 0. The molecule has 6 aromatic rings. The third kappa shape index (κ3) is 7.31. The van der Waals surface area contributed by atoms with Gasteiger partial charge in [0.2, 0.25) is 0 Å². The molecule has 45 heavy (non-hydrogen) atoms. The van der Waals surface area contributed by atoms with E-state index in [0.29, 0.717) is 0 Å². The van der Waals surface area contributed by atoms with Crippen molar-refractivity contribution in [1.29, 1.82) is 0 Å². The Kier molecular flexibility index (Phi) is 8.75. The van der Waals surface area contributed by atoms with Gasteiger partial charge in [-0.3, -0.25) is 0 Å². The molecule has 0 amide bonds. The molecular weight excluding hydrogens is 544 g/mol. The van der Waals surface area contributed by atoms with Crippen LogP contribution in [0, 0.1) is 6.92 Å². The van der Waals surface area contributed by atoms with Gasteiger partial charge < -0.3 is 0 Å². The minimum Gasteiger partial charge on any atom is -0.151 e. The number of azo groups is 1. The second-order valence-corrected chi connectivity index (χ2v) is 11.6. The number of aryl methyl sites for hydroxylation is 1. The van der Waals surface area contributed by atoms with Crippen molar-refractivity contribution >= 4 is 22.5 Å². The molecular formula is C43H36N2. The van der Waals surface area contributed by atoms with Crippen LogP contribution in [-0.2, 0) is 6.42 Å². The van der Waals surface area contributed by atoms with Crippen molar-refractivity contribution in [2.45, 2.75) is 20.3 Å². The molecule has 0 unspecified atom stereocenters. The normalized spacial score (nSPS) is 11.1. The van der Waals surface area contributed by atoms with Gasteiger partial charge in [0.15, 0.2) is 0 Å². The van der Waals surface area contributed by atoms with Crippen LogP contribution in [-0.4, -0.2) is 0 Å². The summed E-state index contributed by atoms with van der Waals surface area (Å²) in [6.07, 6.45) is 0.913. The Labute approximate surface area is 266 Å². The van der Waals surface area contributed by atoms with Gasteiger partial charge in [-0.25, -0.2) is 0 Å². The van der Waals surface area contributed by atoms with Gasteiger partial charge in [0.25, 0.3) is 0 Å². The van der Waals surface area contributed by atoms with E-state index in [2.05, 4.69) is 127 Å². The summed E-state index contributed by atoms with van der Waals surface area (Å²) in [6.45, 7) is 12.4. The minimum absolute atomic E-state index is 0.800. The highest BCUT2D eigenvalue weighted by atomic mass is 15.1. The molecule has 6 aromatic carbocycles. The molecule has 0 bridgehead atoms. The van der Waals surface area contributed by atoms with E-state index in [1.165, 1.54) is 38.9 Å². The quantitative estimate of drug-likeness (QED) is 0.152. The molecule has 0 spiro atoms. The second-order valence-electron chi connectivity index (χ2n) is 11.6. The monoisotopic (exact) mass is 580 g/mol. The first-order valence-corrected chi connectivity index (χ1v) is 15.2. The Balaban J connectivity index is 1.06. The van der Waals surface area contributed by atoms with Gasteiger partial charge in [0, 0.05) is 0 Å². The Morgan fingerprint density at radius 1 is 0.444 bits per heavy atom. The zero-order valence-electron chi connectivity index (χ0n) is 25.9. The van der Waals surface area contributed by atoms with Gasteiger partial charge in [-0.1, -0.05) is 146 Å². The topological polar surface area (TPSA) is 24.7 Å².